The zero-order valence-electron chi connectivity index (χ0n) is 41.8. The van der Waals surface area contributed by atoms with Crippen LogP contribution in [0.5, 0.6) is 0 Å². The predicted octanol–water partition coefficient (Wildman–Crippen LogP) is 16.7. The number of aliphatic hydroxyl groups is 2. The molecular formula is C56H107NO5. The molecule has 62 heavy (non-hydrogen) atoms. The zero-order chi connectivity index (χ0) is 45.2. The number of carbonyl (C=O) groups excluding carboxylic acids is 2. The first-order valence-corrected chi connectivity index (χ1v) is 27.6. The van der Waals surface area contributed by atoms with Gasteiger partial charge in [0, 0.05) is 6.42 Å². The number of allylic oxidation sites excluding steroid dienone is 4. The van der Waals surface area contributed by atoms with Crippen molar-refractivity contribution < 1.29 is 24.5 Å². The van der Waals surface area contributed by atoms with Gasteiger partial charge < -0.3 is 20.3 Å². The van der Waals surface area contributed by atoms with Crippen LogP contribution in [-0.2, 0) is 14.3 Å². The molecule has 0 saturated heterocycles. The molecular weight excluding hydrogens is 767 g/mol. The van der Waals surface area contributed by atoms with Crippen LogP contribution in [-0.4, -0.2) is 46.9 Å². The van der Waals surface area contributed by atoms with E-state index in [-0.39, 0.29) is 24.9 Å². The van der Waals surface area contributed by atoms with E-state index in [2.05, 4.69) is 50.4 Å². The first kappa shape index (κ1) is 60.3. The summed E-state index contributed by atoms with van der Waals surface area (Å²) in [4.78, 5) is 26.1. The van der Waals surface area contributed by atoms with E-state index in [1.165, 1.54) is 193 Å². The summed E-state index contributed by atoms with van der Waals surface area (Å²) < 4.78 is 5.91. The van der Waals surface area contributed by atoms with E-state index < -0.39 is 18.2 Å². The van der Waals surface area contributed by atoms with Crippen molar-refractivity contribution in [3.63, 3.8) is 0 Å². The van der Waals surface area contributed by atoms with Gasteiger partial charge in [0.1, 0.15) is 6.10 Å². The van der Waals surface area contributed by atoms with Gasteiger partial charge in [-0.3, -0.25) is 9.59 Å². The summed E-state index contributed by atoms with van der Waals surface area (Å²) in [5.74, 6) is -0.506. The molecule has 0 aliphatic rings. The van der Waals surface area contributed by atoms with Crippen LogP contribution >= 0.6 is 0 Å². The Kier molecular flexibility index (Phi) is 49.0. The van der Waals surface area contributed by atoms with Gasteiger partial charge in [-0.2, -0.15) is 0 Å². The van der Waals surface area contributed by atoms with Gasteiger partial charge in [0.15, 0.2) is 0 Å². The SMILES string of the molecule is CCCCCCCCC/C=C/C=C/CCCC(CC(=O)NC(CO)C(O)CCCCCCCCCCCCCCCCCCC)OC(=O)CCCCCCCCCCCCCC. The van der Waals surface area contributed by atoms with Crippen molar-refractivity contribution in [3.05, 3.63) is 24.3 Å². The molecule has 0 aromatic rings. The van der Waals surface area contributed by atoms with Crippen LogP contribution < -0.4 is 5.32 Å². The molecule has 0 spiro atoms. The Hall–Kier alpha value is -1.66. The maximum atomic E-state index is 13.2. The first-order chi connectivity index (χ1) is 30.5. The number of esters is 1. The molecule has 1 amide bonds. The average Bonchev–Trinajstić information content (AvgIpc) is 3.26. The lowest BCUT2D eigenvalue weighted by Crippen LogP contribution is -2.46. The highest BCUT2D eigenvalue weighted by Crippen LogP contribution is 2.18. The van der Waals surface area contributed by atoms with Crippen molar-refractivity contribution in [1.29, 1.82) is 0 Å². The second kappa shape index (κ2) is 50.3. The number of unbranched alkanes of at least 4 members (excludes halogenated alkanes) is 35. The third kappa shape index (κ3) is 44.9. The van der Waals surface area contributed by atoms with Gasteiger partial charge in [0.05, 0.1) is 25.2 Å². The fourth-order valence-electron chi connectivity index (χ4n) is 8.61. The Morgan fingerprint density at radius 2 is 0.823 bits per heavy atom. The van der Waals surface area contributed by atoms with Gasteiger partial charge in [-0.15, -0.1) is 0 Å². The maximum absolute atomic E-state index is 13.2. The highest BCUT2D eigenvalue weighted by molar-refractivity contribution is 5.77. The summed E-state index contributed by atoms with van der Waals surface area (Å²) in [6, 6.07) is -0.711. The topological polar surface area (TPSA) is 95.9 Å². The van der Waals surface area contributed by atoms with Crippen molar-refractivity contribution in [1.82, 2.24) is 5.32 Å². The lowest BCUT2D eigenvalue weighted by Gasteiger charge is -2.24. The molecule has 0 fully saturated rings. The molecule has 0 aromatic carbocycles. The molecule has 0 bridgehead atoms. The Morgan fingerprint density at radius 3 is 1.23 bits per heavy atom. The minimum atomic E-state index is -0.795. The molecule has 366 valence electrons. The molecule has 0 aromatic heterocycles. The van der Waals surface area contributed by atoms with E-state index in [0.29, 0.717) is 19.3 Å². The summed E-state index contributed by atoms with van der Waals surface area (Å²) >= 11 is 0. The van der Waals surface area contributed by atoms with Crippen LogP contribution in [0.25, 0.3) is 0 Å². The average molecular weight is 874 g/mol. The summed E-state index contributed by atoms with van der Waals surface area (Å²) in [5, 5.41) is 23.8. The van der Waals surface area contributed by atoms with Crippen LogP contribution in [0.3, 0.4) is 0 Å². The van der Waals surface area contributed by atoms with Crippen molar-refractivity contribution in [2.75, 3.05) is 6.61 Å². The molecule has 6 nitrogen and oxygen atoms in total. The molecule has 0 heterocycles. The van der Waals surface area contributed by atoms with E-state index >= 15 is 0 Å². The van der Waals surface area contributed by atoms with Crippen molar-refractivity contribution in [3.8, 4) is 0 Å². The summed E-state index contributed by atoms with van der Waals surface area (Å²) in [6.45, 7) is 6.49. The molecule has 0 aliphatic heterocycles. The first-order valence-electron chi connectivity index (χ1n) is 27.6. The predicted molar refractivity (Wildman–Crippen MR) is 269 cm³/mol. The Morgan fingerprint density at radius 1 is 0.468 bits per heavy atom. The van der Waals surface area contributed by atoms with E-state index in [1.54, 1.807) is 0 Å². The lowest BCUT2D eigenvalue weighted by atomic mass is 10.0. The Bertz CT molecular complexity index is 981. The monoisotopic (exact) mass is 874 g/mol. The number of rotatable bonds is 50. The van der Waals surface area contributed by atoms with E-state index in [1.807, 2.05) is 0 Å². The number of nitrogens with one attached hydrogen (secondary N) is 1. The quantitative estimate of drug-likeness (QED) is 0.0321. The van der Waals surface area contributed by atoms with Crippen molar-refractivity contribution in [2.45, 2.75) is 315 Å². The van der Waals surface area contributed by atoms with Crippen molar-refractivity contribution >= 4 is 11.9 Å². The van der Waals surface area contributed by atoms with E-state index in [0.717, 1.165) is 57.8 Å². The second-order valence-electron chi connectivity index (χ2n) is 19.0. The standard InChI is InChI=1S/C56H107NO5/c1-4-7-10-13-16-19-22-25-27-28-29-31-33-36-39-42-45-48-54(59)53(51-58)57-55(60)50-52(47-44-41-38-35-32-30-26-23-20-17-14-11-8-5-2)62-56(61)49-46-43-40-37-34-24-21-18-15-12-9-6-3/h30,32,35,38,52-54,58-59H,4-29,31,33-34,36-37,39-51H2,1-3H3,(H,57,60)/b32-30+,38-35+. The molecule has 6 heteroatoms. The number of aliphatic hydroxyl groups excluding tert-OH is 2. The zero-order valence-corrected chi connectivity index (χ0v) is 41.8. The highest BCUT2D eigenvalue weighted by atomic mass is 16.5. The third-order valence-corrected chi connectivity index (χ3v) is 12.8. The largest absolute Gasteiger partial charge is 0.462 e. The van der Waals surface area contributed by atoms with E-state index in [9.17, 15) is 19.8 Å². The van der Waals surface area contributed by atoms with Crippen molar-refractivity contribution in [2.24, 2.45) is 0 Å². The maximum Gasteiger partial charge on any atom is 0.306 e. The van der Waals surface area contributed by atoms with E-state index in [4.69, 9.17) is 4.74 Å². The minimum Gasteiger partial charge on any atom is -0.462 e. The van der Waals surface area contributed by atoms with Gasteiger partial charge in [-0.05, 0) is 44.9 Å². The molecule has 3 N–H and O–H groups in total. The Labute approximate surface area is 386 Å². The summed E-state index contributed by atoms with van der Waals surface area (Å²) in [7, 11) is 0. The molecule has 0 aliphatic carbocycles. The van der Waals surface area contributed by atoms with Crippen LogP contribution in [0.1, 0.15) is 297 Å². The molecule has 3 atom stereocenters. The molecule has 0 radical (unpaired) electrons. The van der Waals surface area contributed by atoms with Gasteiger partial charge in [-0.25, -0.2) is 0 Å². The number of hydrogen-bond donors (Lipinski definition) is 3. The number of amides is 1. The van der Waals surface area contributed by atoms with Gasteiger partial charge in [-0.1, -0.05) is 263 Å². The second-order valence-corrected chi connectivity index (χ2v) is 19.0. The highest BCUT2D eigenvalue weighted by Gasteiger charge is 2.24. The van der Waals surface area contributed by atoms with Gasteiger partial charge in [0.2, 0.25) is 5.91 Å². The lowest BCUT2D eigenvalue weighted by molar-refractivity contribution is -0.151. The molecule has 0 saturated carbocycles. The fourth-order valence-corrected chi connectivity index (χ4v) is 8.61. The molecule has 0 rings (SSSR count). The van der Waals surface area contributed by atoms with Gasteiger partial charge in [0.25, 0.3) is 0 Å². The minimum absolute atomic E-state index is 0.0502. The number of hydrogen-bond acceptors (Lipinski definition) is 5. The smallest absolute Gasteiger partial charge is 0.306 e. The number of carbonyl (C=O) groups is 2. The summed E-state index contributed by atoms with van der Waals surface area (Å²) in [6.07, 6.45) is 58.2. The van der Waals surface area contributed by atoms with Crippen LogP contribution in [0.2, 0.25) is 0 Å². The van der Waals surface area contributed by atoms with Crippen LogP contribution in [0, 0.1) is 0 Å². The van der Waals surface area contributed by atoms with Crippen LogP contribution in [0.15, 0.2) is 24.3 Å². The summed E-state index contributed by atoms with van der Waals surface area (Å²) in [5.41, 5.74) is 0. The normalized spacial score (nSPS) is 13.3. The van der Waals surface area contributed by atoms with Gasteiger partial charge >= 0.3 is 5.97 Å². The van der Waals surface area contributed by atoms with Crippen LogP contribution in [0.4, 0.5) is 0 Å². The molecule has 3 unspecified atom stereocenters. The number of ether oxygens (including phenoxy) is 1. The fraction of sp³-hybridized carbons (Fsp3) is 0.893. The Balaban J connectivity index is 4.54. The third-order valence-electron chi connectivity index (χ3n) is 12.8.